The molecular weight excluding hydrogens is 314 g/mol. The Balaban J connectivity index is 0.00000192. The Hall–Kier alpha value is -1.40. The third-order valence-corrected chi connectivity index (χ3v) is 4.96. The Bertz CT molecular complexity index is 498. The largest absolute Gasteiger partial charge is 0.366 e. The van der Waals surface area contributed by atoms with Crippen LogP contribution in [0.2, 0.25) is 0 Å². The molecule has 7 heteroatoms. The van der Waals surface area contributed by atoms with Crippen LogP contribution in [0.25, 0.3) is 0 Å². The van der Waals surface area contributed by atoms with Crippen molar-refractivity contribution < 1.29 is 4.79 Å². The van der Waals surface area contributed by atoms with Crippen molar-refractivity contribution in [2.45, 2.75) is 50.6 Å². The van der Waals surface area contributed by atoms with Crippen molar-refractivity contribution in [3.63, 3.8) is 0 Å². The maximum absolute atomic E-state index is 12.8. The molecule has 0 spiro atoms. The lowest BCUT2D eigenvalue weighted by Crippen LogP contribution is -2.56. The number of piperidine rings is 1. The normalized spacial score (nSPS) is 25.0. The molecule has 0 saturated carbocycles. The standard InChI is InChI=1S/C16H25N5O.ClH/c1-2-16(8-4-9-17-16)15(22)21-11-6-13(7-12-21)19-14-5-3-10-18-20-14;/h3,5,10,13,17H,2,4,6-9,11-12H2,1H3,(H,19,20);1H. The van der Waals surface area contributed by atoms with Crippen LogP contribution in [0, 0.1) is 0 Å². The third kappa shape index (κ3) is 3.93. The molecule has 1 amide bonds. The zero-order valence-electron chi connectivity index (χ0n) is 13.6. The minimum atomic E-state index is -0.300. The summed E-state index contributed by atoms with van der Waals surface area (Å²) in [6, 6.07) is 4.18. The van der Waals surface area contributed by atoms with Crippen molar-refractivity contribution >= 4 is 24.1 Å². The van der Waals surface area contributed by atoms with E-state index in [4.69, 9.17) is 0 Å². The van der Waals surface area contributed by atoms with Gasteiger partial charge in [-0.1, -0.05) is 6.92 Å². The van der Waals surface area contributed by atoms with Crippen molar-refractivity contribution in [1.29, 1.82) is 0 Å². The van der Waals surface area contributed by atoms with Crippen LogP contribution in [0.1, 0.15) is 39.0 Å². The lowest BCUT2D eigenvalue weighted by atomic mass is 9.91. The summed E-state index contributed by atoms with van der Waals surface area (Å²) in [6.07, 6.45) is 6.55. The summed E-state index contributed by atoms with van der Waals surface area (Å²) in [5.41, 5.74) is -0.300. The van der Waals surface area contributed by atoms with E-state index >= 15 is 0 Å². The second kappa shape index (κ2) is 7.93. The van der Waals surface area contributed by atoms with Gasteiger partial charge >= 0.3 is 0 Å². The molecule has 3 heterocycles. The zero-order valence-corrected chi connectivity index (χ0v) is 14.4. The lowest BCUT2D eigenvalue weighted by Gasteiger charge is -2.38. The fourth-order valence-corrected chi connectivity index (χ4v) is 3.56. The van der Waals surface area contributed by atoms with E-state index in [2.05, 4.69) is 27.8 Å². The van der Waals surface area contributed by atoms with Gasteiger partial charge in [-0.2, -0.15) is 5.10 Å². The van der Waals surface area contributed by atoms with Crippen LogP contribution in [0.5, 0.6) is 0 Å². The molecular formula is C16H26ClN5O. The van der Waals surface area contributed by atoms with Gasteiger partial charge in [-0.05, 0) is 50.8 Å². The number of amides is 1. The van der Waals surface area contributed by atoms with E-state index in [1.807, 2.05) is 17.0 Å². The van der Waals surface area contributed by atoms with Crippen LogP contribution >= 0.6 is 12.4 Å². The summed E-state index contributed by atoms with van der Waals surface area (Å²) in [5, 5.41) is 14.8. The quantitative estimate of drug-likeness (QED) is 0.875. The van der Waals surface area contributed by atoms with E-state index in [0.29, 0.717) is 11.9 Å². The second-order valence-electron chi connectivity index (χ2n) is 6.29. The smallest absolute Gasteiger partial charge is 0.242 e. The molecule has 0 bridgehead atoms. The maximum Gasteiger partial charge on any atom is 0.242 e. The minimum absolute atomic E-state index is 0. The monoisotopic (exact) mass is 339 g/mol. The molecule has 2 saturated heterocycles. The fraction of sp³-hybridized carbons (Fsp3) is 0.688. The van der Waals surface area contributed by atoms with E-state index in [0.717, 1.165) is 57.6 Å². The zero-order chi connectivity index (χ0) is 15.4. The van der Waals surface area contributed by atoms with E-state index in [9.17, 15) is 4.79 Å². The lowest BCUT2D eigenvalue weighted by molar-refractivity contribution is -0.139. The van der Waals surface area contributed by atoms with Gasteiger partial charge in [0.15, 0.2) is 0 Å². The molecule has 1 aromatic heterocycles. The molecule has 2 N–H and O–H groups in total. The highest BCUT2D eigenvalue weighted by atomic mass is 35.5. The Morgan fingerprint density at radius 3 is 2.83 bits per heavy atom. The molecule has 2 fully saturated rings. The number of nitrogens with zero attached hydrogens (tertiary/aromatic N) is 3. The van der Waals surface area contributed by atoms with Crippen LogP contribution in [0.3, 0.4) is 0 Å². The summed E-state index contributed by atoms with van der Waals surface area (Å²) >= 11 is 0. The Labute approximate surface area is 143 Å². The summed E-state index contributed by atoms with van der Waals surface area (Å²) in [7, 11) is 0. The number of hydrogen-bond acceptors (Lipinski definition) is 5. The molecule has 0 aliphatic carbocycles. The SMILES string of the molecule is CCC1(C(=O)N2CCC(Nc3cccnn3)CC2)CCCN1.Cl. The number of halogens is 1. The van der Waals surface area contributed by atoms with E-state index in [1.165, 1.54) is 0 Å². The Morgan fingerprint density at radius 1 is 1.48 bits per heavy atom. The van der Waals surface area contributed by atoms with Gasteiger partial charge in [-0.25, -0.2) is 0 Å². The number of rotatable bonds is 4. The van der Waals surface area contributed by atoms with Crippen LogP contribution in [-0.2, 0) is 4.79 Å². The molecule has 2 aliphatic heterocycles. The van der Waals surface area contributed by atoms with Gasteiger partial charge in [0.2, 0.25) is 5.91 Å². The number of carbonyl (C=O) groups excluding carboxylic acids is 1. The maximum atomic E-state index is 12.8. The highest BCUT2D eigenvalue weighted by Gasteiger charge is 2.42. The third-order valence-electron chi connectivity index (χ3n) is 4.96. The molecule has 1 atom stereocenters. The van der Waals surface area contributed by atoms with Gasteiger partial charge in [0.05, 0.1) is 5.54 Å². The molecule has 1 unspecified atom stereocenters. The predicted octanol–water partition coefficient (Wildman–Crippen LogP) is 1.83. The van der Waals surface area contributed by atoms with Gasteiger partial charge in [0.25, 0.3) is 0 Å². The van der Waals surface area contributed by atoms with Gasteiger partial charge in [0, 0.05) is 25.3 Å². The molecule has 3 rings (SSSR count). The van der Waals surface area contributed by atoms with Crippen molar-refractivity contribution in [3.8, 4) is 0 Å². The van der Waals surface area contributed by atoms with E-state index < -0.39 is 0 Å². The number of anilines is 1. The number of hydrogen-bond donors (Lipinski definition) is 2. The average molecular weight is 340 g/mol. The highest BCUT2D eigenvalue weighted by Crippen LogP contribution is 2.27. The minimum Gasteiger partial charge on any atom is -0.366 e. The van der Waals surface area contributed by atoms with Crippen LogP contribution in [0.15, 0.2) is 18.3 Å². The number of nitrogens with one attached hydrogen (secondary N) is 2. The molecule has 1 aromatic rings. The van der Waals surface area contributed by atoms with Gasteiger partial charge in [-0.3, -0.25) is 4.79 Å². The summed E-state index contributed by atoms with van der Waals surface area (Å²) < 4.78 is 0. The molecule has 0 radical (unpaired) electrons. The highest BCUT2D eigenvalue weighted by molar-refractivity contribution is 5.87. The van der Waals surface area contributed by atoms with Crippen molar-refractivity contribution in [2.75, 3.05) is 25.0 Å². The topological polar surface area (TPSA) is 70.2 Å². The van der Waals surface area contributed by atoms with E-state index in [1.54, 1.807) is 6.20 Å². The Morgan fingerprint density at radius 2 is 2.26 bits per heavy atom. The first kappa shape index (κ1) is 17.9. The molecule has 2 aliphatic rings. The summed E-state index contributed by atoms with van der Waals surface area (Å²) in [5.74, 6) is 1.11. The summed E-state index contributed by atoms with van der Waals surface area (Å²) in [4.78, 5) is 14.9. The van der Waals surface area contributed by atoms with Crippen molar-refractivity contribution in [1.82, 2.24) is 20.4 Å². The van der Waals surface area contributed by atoms with Crippen molar-refractivity contribution in [3.05, 3.63) is 18.3 Å². The number of aromatic nitrogens is 2. The van der Waals surface area contributed by atoms with Crippen LogP contribution < -0.4 is 10.6 Å². The molecule has 6 nitrogen and oxygen atoms in total. The first-order chi connectivity index (χ1) is 10.7. The average Bonchev–Trinajstić information content (AvgIpc) is 3.06. The van der Waals surface area contributed by atoms with Crippen LogP contribution in [0.4, 0.5) is 5.82 Å². The first-order valence-electron chi connectivity index (χ1n) is 8.32. The molecule has 23 heavy (non-hydrogen) atoms. The van der Waals surface area contributed by atoms with Gasteiger partial charge in [-0.15, -0.1) is 17.5 Å². The van der Waals surface area contributed by atoms with Gasteiger partial charge < -0.3 is 15.5 Å². The molecule has 128 valence electrons. The number of likely N-dealkylation sites (tertiary alicyclic amines) is 1. The van der Waals surface area contributed by atoms with Crippen molar-refractivity contribution in [2.24, 2.45) is 0 Å². The first-order valence-corrected chi connectivity index (χ1v) is 8.32. The molecule has 0 aromatic carbocycles. The summed E-state index contributed by atoms with van der Waals surface area (Å²) in [6.45, 7) is 4.71. The van der Waals surface area contributed by atoms with Gasteiger partial charge in [0.1, 0.15) is 5.82 Å². The second-order valence-corrected chi connectivity index (χ2v) is 6.29. The fourth-order valence-electron chi connectivity index (χ4n) is 3.56. The predicted molar refractivity (Wildman–Crippen MR) is 92.8 cm³/mol. The van der Waals surface area contributed by atoms with E-state index in [-0.39, 0.29) is 17.9 Å². The Kier molecular flexibility index (Phi) is 6.18. The van der Waals surface area contributed by atoms with Crippen LogP contribution in [-0.4, -0.2) is 52.2 Å². The number of carbonyl (C=O) groups is 1.